The van der Waals surface area contributed by atoms with Crippen LogP contribution in [0.5, 0.6) is 11.5 Å². The van der Waals surface area contributed by atoms with Crippen LogP contribution in [-0.2, 0) is 6.61 Å². The lowest BCUT2D eigenvalue weighted by molar-refractivity contribution is 0.283. The van der Waals surface area contributed by atoms with Crippen LogP contribution in [0.4, 0.5) is 0 Å². The molecule has 0 amide bonds. The van der Waals surface area contributed by atoms with Gasteiger partial charge in [0.05, 0.1) is 7.11 Å². The van der Waals surface area contributed by atoms with Crippen LogP contribution in [0.25, 0.3) is 0 Å². The number of benzene rings is 2. The van der Waals surface area contributed by atoms with E-state index in [1.807, 2.05) is 24.3 Å². The van der Waals surface area contributed by atoms with E-state index < -0.39 is 0 Å². The van der Waals surface area contributed by atoms with E-state index in [1.54, 1.807) is 7.11 Å². The van der Waals surface area contributed by atoms with Gasteiger partial charge in [0.2, 0.25) is 0 Å². The molecule has 0 saturated carbocycles. The van der Waals surface area contributed by atoms with E-state index in [2.05, 4.69) is 29.6 Å². The summed E-state index contributed by atoms with van der Waals surface area (Å²) >= 11 is 0. The fourth-order valence-corrected chi connectivity index (χ4v) is 2.33. The largest absolute Gasteiger partial charge is 0.493 e. The van der Waals surface area contributed by atoms with Crippen LogP contribution >= 0.6 is 12.4 Å². The molecule has 0 unspecified atom stereocenters. The molecule has 1 fully saturated rings. The van der Waals surface area contributed by atoms with E-state index in [9.17, 15) is 0 Å². The zero-order valence-electron chi connectivity index (χ0n) is 12.0. The number of hydrogen-bond acceptors (Lipinski definition) is 3. The topological polar surface area (TPSA) is 30.5 Å². The second kappa shape index (κ2) is 7.34. The van der Waals surface area contributed by atoms with E-state index in [-0.39, 0.29) is 12.4 Å². The normalized spacial score (nSPS) is 16.5. The molecule has 0 spiro atoms. The van der Waals surface area contributed by atoms with Gasteiger partial charge in [-0.3, -0.25) is 0 Å². The molecule has 1 aliphatic heterocycles. The Morgan fingerprint density at radius 1 is 1.10 bits per heavy atom. The fraction of sp³-hybridized carbons (Fsp3) is 0.294. The first-order valence-electron chi connectivity index (χ1n) is 6.95. The number of rotatable bonds is 5. The van der Waals surface area contributed by atoms with E-state index in [0.29, 0.717) is 12.6 Å². The van der Waals surface area contributed by atoms with Crippen molar-refractivity contribution in [1.82, 2.24) is 5.32 Å². The van der Waals surface area contributed by atoms with Crippen molar-refractivity contribution in [2.45, 2.75) is 19.1 Å². The van der Waals surface area contributed by atoms with Crippen LogP contribution in [0.15, 0.2) is 48.5 Å². The molecule has 4 heteroatoms. The van der Waals surface area contributed by atoms with Gasteiger partial charge in [-0.25, -0.2) is 0 Å². The number of halogens is 1. The van der Waals surface area contributed by atoms with Gasteiger partial charge < -0.3 is 14.8 Å². The summed E-state index contributed by atoms with van der Waals surface area (Å²) in [6, 6.07) is 16.8. The molecule has 0 aliphatic carbocycles. The highest BCUT2D eigenvalue weighted by atomic mass is 35.5. The maximum Gasteiger partial charge on any atom is 0.161 e. The Labute approximate surface area is 131 Å². The zero-order chi connectivity index (χ0) is 13.8. The Bertz CT molecular complexity index is 570. The molecule has 2 aromatic rings. The van der Waals surface area contributed by atoms with Crippen LogP contribution in [0.1, 0.15) is 23.6 Å². The highest BCUT2D eigenvalue weighted by Gasteiger charge is 2.19. The van der Waals surface area contributed by atoms with Gasteiger partial charge in [-0.05, 0) is 36.2 Å². The van der Waals surface area contributed by atoms with Crippen LogP contribution in [-0.4, -0.2) is 13.7 Å². The molecule has 0 bridgehead atoms. The predicted octanol–water partition coefficient (Wildman–Crippen LogP) is 3.73. The summed E-state index contributed by atoms with van der Waals surface area (Å²) in [5, 5.41) is 3.39. The third-order valence-corrected chi connectivity index (χ3v) is 3.65. The Kier molecular flexibility index (Phi) is 5.48. The van der Waals surface area contributed by atoms with Gasteiger partial charge in [0.25, 0.3) is 0 Å². The number of methoxy groups -OCH3 is 1. The van der Waals surface area contributed by atoms with Gasteiger partial charge in [0.15, 0.2) is 11.5 Å². The molecule has 3 nitrogen and oxygen atoms in total. The first-order chi connectivity index (χ1) is 9.86. The Balaban J connectivity index is 0.00000161. The summed E-state index contributed by atoms with van der Waals surface area (Å²) in [4.78, 5) is 0. The van der Waals surface area contributed by atoms with Crippen LogP contribution in [0.2, 0.25) is 0 Å². The predicted molar refractivity (Wildman–Crippen MR) is 86.4 cm³/mol. The van der Waals surface area contributed by atoms with Crippen LogP contribution < -0.4 is 14.8 Å². The summed E-state index contributed by atoms with van der Waals surface area (Å²) in [6.45, 7) is 1.65. The second-order valence-corrected chi connectivity index (χ2v) is 4.98. The highest BCUT2D eigenvalue weighted by Crippen LogP contribution is 2.33. The summed E-state index contributed by atoms with van der Waals surface area (Å²) in [5.41, 5.74) is 2.42. The molecule has 1 saturated heterocycles. The van der Waals surface area contributed by atoms with Gasteiger partial charge in [0.1, 0.15) is 6.61 Å². The second-order valence-electron chi connectivity index (χ2n) is 4.98. The molecule has 112 valence electrons. The summed E-state index contributed by atoms with van der Waals surface area (Å²) in [6.07, 6.45) is 1.19. The highest BCUT2D eigenvalue weighted by molar-refractivity contribution is 5.85. The van der Waals surface area contributed by atoms with Gasteiger partial charge in [-0.2, -0.15) is 0 Å². The standard InChI is InChI=1S/C17H19NO2.ClH/c1-19-17-11-14(15-9-10-18-15)7-8-16(17)20-12-13-5-3-2-4-6-13;/h2-8,11,15,18H,9-10,12H2,1H3;1H/t15-;/m0./s1. The molecule has 2 aromatic carbocycles. The van der Waals surface area contributed by atoms with E-state index >= 15 is 0 Å². The average Bonchev–Trinajstić information content (AvgIpc) is 2.45. The smallest absolute Gasteiger partial charge is 0.161 e. The minimum atomic E-state index is 0. The maximum absolute atomic E-state index is 5.86. The van der Waals surface area contributed by atoms with E-state index in [4.69, 9.17) is 9.47 Å². The van der Waals surface area contributed by atoms with E-state index in [1.165, 1.54) is 12.0 Å². The van der Waals surface area contributed by atoms with Gasteiger partial charge in [-0.15, -0.1) is 12.4 Å². The Hall–Kier alpha value is -1.71. The lowest BCUT2D eigenvalue weighted by Crippen LogP contribution is -2.34. The minimum absolute atomic E-state index is 0. The first kappa shape index (κ1) is 15.7. The molecule has 3 rings (SSSR count). The van der Waals surface area contributed by atoms with Gasteiger partial charge >= 0.3 is 0 Å². The van der Waals surface area contributed by atoms with Crippen molar-refractivity contribution in [1.29, 1.82) is 0 Å². The number of ether oxygens (including phenoxy) is 2. The molecular formula is C17H20ClNO2. The Morgan fingerprint density at radius 2 is 1.86 bits per heavy atom. The minimum Gasteiger partial charge on any atom is -0.493 e. The van der Waals surface area contributed by atoms with Crippen molar-refractivity contribution in [3.63, 3.8) is 0 Å². The van der Waals surface area contributed by atoms with Gasteiger partial charge in [-0.1, -0.05) is 36.4 Å². The van der Waals surface area contributed by atoms with Crippen LogP contribution in [0.3, 0.4) is 0 Å². The zero-order valence-corrected chi connectivity index (χ0v) is 12.9. The third-order valence-electron chi connectivity index (χ3n) is 3.65. The third kappa shape index (κ3) is 3.69. The van der Waals surface area contributed by atoms with Crippen molar-refractivity contribution < 1.29 is 9.47 Å². The molecule has 1 atom stereocenters. The molecule has 1 heterocycles. The molecule has 1 N–H and O–H groups in total. The molecule has 21 heavy (non-hydrogen) atoms. The summed E-state index contributed by atoms with van der Waals surface area (Å²) in [7, 11) is 1.68. The van der Waals surface area contributed by atoms with Crippen molar-refractivity contribution in [2.24, 2.45) is 0 Å². The van der Waals surface area contributed by atoms with Crippen molar-refractivity contribution >= 4 is 12.4 Å². The Morgan fingerprint density at radius 3 is 2.48 bits per heavy atom. The quantitative estimate of drug-likeness (QED) is 0.913. The first-order valence-corrected chi connectivity index (χ1v) is 6.95. The van der Waals surface area contributed by atoms with Crippen LogP contribution in [0, 0.1) is 0 Å². The number of hydrogen-bond donors (Lipinski definition) is 1. The molecule has 0 aromatic heterocycles. The summed E-state index contributed by atoms with van der Waals surface area (Å²) in [5.74, 6) is 1.59. The molecular weight excluding hydrogens is 286 g/mol. The monoisotopic (exact) mass is 305 g/mol. The summed E-state index contributed by atoms with van der Waals surface area (Å²) < 4.78 is 11.3. The average molecular weight is 306 g/mol. The van der Waals surface area contributed by atoms with Crippen molar-refractivity contribution in [2.75, 3.05) is 13.7 Å². The van der Waals surface area contributed by atoms with E-state index in [0.717, 1.165) is 23.6 Å². The molecule has 0 radical (unpaired) electrons. The molecule has 1 aliphatic rings. The maximum atomic E-state index is 5.86. The number of nitrogens with one attached hydrogen (secondary N) is 1. The van der Waals surface area contributed by atoms with Gasteiger partial charge in [0, 0.05) is 6.04 Å². The SMILES string of the molecule is COc1cc([C@@H]2CCN2)ccc1OCc1ccccc1.Cl. The fourth-order valence-electron chi connectivity index (χ4n) is 2.33. The lowest BCUT2D eigenvalue weighted by Gasteiger charge is -2.28. The van der Waals surface area contributed by atoms with Crippen molar-refractivity contribution in [3.05, 3.63) is 59.7 Å². The van der Waals surface area contributed by atoms with Crippen molar-refractivity contribution in [3.8, 4) is 11.5 Å². The lowest BCUT2D eigenvalue weighted by atomic mass is 9.98.